The lowest BCUT2D eigenvalue weighted by molar-refractivity contribution is 0.0988. The number of hydrogen-bond donors (Lipinski definition) is 1. The molecule has 0 fully saturated rings. The molecule has 0 aliphatic heterocycles. The molecule has 0 bridgehead atoms. The molecule has 0 radical (unpaired) electrons. The molecule has 126 valence electrons. The first-order chi connectivity index (χ1) is 12.2. The molecule has 1 heterocycles. The Bertz CT molecular complexity index is 821. The SMILES string of the molecule is CN(C(=O)c1ccnc(NCCc2ccccc2)n1)c1ccccc1. The molecule has 0 aliphatic carbocycles. The van der Waals surface area contributed by atoms with E-state index in [4.69, 9.17) is 0 Å². The van der Waals surface area contributed by atoms with Crippen molar-refractivity contribution in [2.75, 3.05) is 23.8 Å². The van der Waals surface area contributed by atoms with Crippen molar-refractivity contribution in [1.29, 1.82) is 0 Å². The van der Waals surface area contributed by atoms with Gasteiger partial charge < -0.3 is 10.2 Å². The van der Waals surface area contributed by atoms with Crippen molar-refractivity contribution in [2.24, 2.45) is 0 Å². The van der Waals surface area contributed by atoms with E-state index in [0.29, 0.717) is 18.2 Å². The van der Waals surface area contributed by atoms with Crippen molar-refractivity contribution in [3.63, 3.8) is 0 Å². The molecule has 1 aromatic heterocycles. The zero-order valence-corrected chi connectivity index (χ0v) is 14.1. The Kier molecular flexibility index (Phi) is 5.36. The van der Waals surface area contributed by atoms with E-state index >= 15 is 0 Å². The standard InChI is InChI=1S/C20H20N4O/c1-24(17-10-6-3-7-11-17)19(25)18-13-15-22-20(23-18)21-14-12-16-8-4-2-5-9-16/h2-11,13,15H,12,14H2,1H3,(H,21,22,23). The van der Waals surface area contributed by atoms with Crippen molar-refractivity contribution in [3.8, 4) is 0 Å². The van der Waals surface area contributed by atoms with E-state index in [0.717, 1.165) is 12.1 Å². The van der Waals surface area contributed by atoms with E-state index in [9.17, 15) is 4.79 Å². The Morgan fingerprint density at radius 2 is 1.68 bits per heavy atom. The molecule has 5 heteroatoms. The van der Waals surface area contributed by atoms with Gasteiger partial charge in [-0.05, 0) is 30.2 Å². The Labute approximate surface area is 147 Å². The maximum atomic E-state index is 12.6. The van der Waals surface area contributed by atoms with E-state index in [-0.39, 0.29) is 5.91 Å². The highest BCUT2D eigenvalue weighted by Crippen LogP contribution is 2.14. The minimum atomic E-state index is -0.167. The van der Waals surface area contributed by atoms with Crippen LogP contribution in [0.3, 0.4) is 0 Å². The third-order valence-electron chi connectivity index (χ3n) is 3.86. The number of para-hydroxylation sites is 1. The van der Waals surface area contributed by atoms with Gasteiger partial charge in [0.2, 0.25) is 5.95 Å². The van der Waals surface area contributed by atoms with Crippen LogP contribution in [0.2, 0.25) is 0 Å². The quantitative estimate of drug-likeness (QED) is 0.751. The van der Waals surface area contributed by atoms with E-state index in [1.54, 1.807) is 24.2 Å². The van der Waals surface area contributed by atoms with Crippen LogP contribution in [0.5, 0.6) is 0 Å². The molecule has 0 aliphatic rings. The number of carbonyl (C=O) groups is 1. The number of anilines is 2. The summed E-state index contributed by atoms with van der Waals surface area (Å²) < 4.78 is 0. The van der Waals surface area contributed by atoms with E-state index < -0.39 is 0 Å². The van der Waals surface area contributed by atoms with Crippen LogP contribution in [0.4, 0.5) is 11.6 Å². The predicted octanol–water partition coefficient (Wildman–Crippen LogP) is 3.41. The van der Waals surface area contributed by atoms with Gasteiger partial charge in [-0.1, -0.05) is 48.5 Å². The molecule has 1 N–H and O–H groups in total. The fourth-order valence-corrected chi connectivity index (χ4v) is 2.47. The van der Waals surface area contributed by atoms with Crippen LogP contribution in [0, 0.1) is 0 Å². The van der Waals surface area contributed by atoms with Crippen LogP contribution < -0.4 is 10.2 Å². The molecule has 3 aromatic rings. The van der Waals surface area contributed by atoms with Crippen LogP contribution >= 0.6 is 0 Å². The van der Waals surface area contributed by atoms with Crippen molar-refractivity contribution in [2.45, 2.75) is 6.42 Å². The fraction of sp³-hybridized carbons (Fsp3) is 0.150. The summed E-state index contributed by atoms with van der Waals surface area (Å²) >= 11 is 0. The number of amides is 1. The van der Waals surface area contributed by atoms with Crippen LogP contribution in [0.25, 0.3) is 0 Å². The summed E-state index contributed by atoms with van der Waals surface area (Å²) in [4.78, 5) is 22.7. The third kappa shape index (κ3) is 4.41. The lowest BCUT2D eigenvalue weighted by Crippen LogP contribution is -2.27. The molecule has 2 aromatic carbocycles. The van der Waals surface area contributed by atoms with Gasteiger partial charge in [0, 0.05) is 25.5 Å². The highest BCUT2D eigenvalue weighted by Gasteiger charge is 2.15. The Hall–Kier alpha value is -3.21. The zero-order valence-electron chi connectivity index (χ0n) is 14.1. The number of aromatic nitrogens is 2. The molecule has 3 rings (SSSR count). The van der Waals surface area contributed by atoms with Crippen LogP contribution in [0.15, 0.2) is 72.9 Å². The van der Waals surface area contributed by atoms with Gasteiger partial charge in [0.05, 0.1) is 0 Å². The third-order valence-corrected chi connectivity index (χ3v) is 3.86. The smallest absolute Gasteiger partial charge is 0.276 e. The number of benzene rings is 2. The number of rotatable bonds is 6. The van der Waals surface area contributed by atoms with Gasteiger partial charge in [-0.25, -0.2) is 9.97 Å². The minimum Gasteiger partial charge on any atom is -0.354 e. The van der Waals surface area contributed by atoms with Crippen molar-refractivity contribution < 1.29 is 4.79 Å². The Balaban J connectivity index is 1.63. The second-order valence-corrected chi connectivity index (χ2v) is 5.63. The lowest BCUT2D eigenvalue weighted by atomic mass is 10.1. The summed E-state index contributed by atoms with van der Waals surface area (Å²) in [6, 6.07) is 21.3. The molecule has 0 saturated carbocycles. The van der Waals surface area contributed by atoms with Crippen LogP contribution in [-0.2, 0) is 6.42 Å². The number of nitrogens with one attached hydrogen (secondary N) is 1. The lowest BCUT2D eigenvalue weighted by Gasteiger charge is -2.17. The van der Waals surface area contributed by atoms with Gasteiger partial charge in [0.1, 0.15) is 5.69 Å². The summed E-state index contributed by atoms with van der Waals surface area (Å²) in [5, 5.41) is 3.17. The summed E-state index contributed by atoms with van der Waals surface area (Å²) in [6.45, 7) is 0.705. The van der Waals surface area contributed by atoms with E-state index in [1.807, 2.05) is 48.5 Å². The van der Waals surface area contributed by atoms with E-state index in [2.05, 4.69) is 27.4 Å². The largest absolute Gasteiger partial charge is 0.354 e. The summed E-state index contributed by atoms with van der Waals surface area (Å²) in [5.41, 5.74) is 2.43. The van der Waals surface area contributed by atoms with Crippen LogP contribution in [0.1, 0.15) is 16.1 Å². The maximum absolute atomic E-state index is 12.6. The predicted molar refractivity (Wildman–Crippen MR) is 99.8 cm³/mol. The Morgan fingerprint density at radius 3 is 2.40 bits per heavy atom. The first-order valence-corrected chi connectivity index (χ1v) is 8.18. The van der Waals surface area contributed by atoms with Crippen LogP contribution in [-0.4, -0.2) is 29.5 Å². The second kappa shape index (κ2) is 8.06. The molecular weight excluding hydrogens is 312 g/mol. The van der Waals surface area contributed by atoms with E-state index in [1.165, 1.54) is 5.56 Å². The highest BCUT2D eigenvalue weighted by molar-refractivity contribution is 6.04. The van der Waals surface area contributed by atoms with Gasteiger partial charge in [-0.15, -0.1) is 0 Å². The molecule has 0 spiro atoms. The van der Waals surface area contributed by atoms with Gasteiger partial charge in [0.25, 0.3) is 5.91 Å². The monoisotopic (exact) mass is 332 g/mol. The average Bonchev–Trinajstić information content (AvgIpc) is 2.68. The van der Waals surface area contributed by atoms with Crippen molar-refractivity contribution >= 4 is 17.5 Å². The number of hydrogen-bond acceptors (Lipinski definition) is 4. The first kappa shape index (κ1) is 16.6. The maximum Gasteiger partial charge on any atom is 0.276 e. The molecule has 0 saturated heterocycles. The van der Waals surface area contributed by atoms with Crippen molar-refractivity contribution in [3.05, 3.63) is 84.2 Å². The summed E-state index contributed by atoms with van der Waals surface area (Å²) in [5.74, 6) is 0.294. The fourth-order valence-electron chi connectivity index (χ4n) is 2.47. The topological polar surface area (TPSA) is 58.1 Å². The molecule has 1 amide bonds. The van der Waals surface area contributed by atoms with Crippen molar-refractivity contribution in [1.82, 2.24) is 9.97 Å². The number of nitrogens with zero attached hydrogens (tertiary/aromatic N) is 3. The number of carbonyl (C=O) groups excluding carboxylic acids is 1. The van der Waals surface area contributed by atoms with Gasteiger partial charge in [0.15, 0.2) is 0 Å². The highest BCUT2D eigenvalue weighted by atomic mass is 16.2. The minimum absolute atomic E-state index is 0.167. The summed E-state index contributed by atoms with van der Waals surface area (Å²) in [7, 11) is 1.74. The normalized spacial score (nSPS) is 10.3. The second-order valence-electron chi connectivity index (χ2n) is 5.63. The average molecular weight is 332 g/mol. The summed E-state index contributed by atoms with van der Waals surface area (Å²) in [6.07, 6.45) is 2.47. The molecular formula is C20H20N4O. The molecule has 5 nitrogen and oxygen atoms in total. The molecule has 0 unspecified atom stereocenters. The van der Waals surface area contributed by atoms with Gasteiger partial charge in [-0.3, -0.25) is 4.79 Å². The van der Waals surface area contributed by atoms with Gasteiger partial charge in [-0.2, -0.15) is 0 Å². The zero-order chi connectivity index (χ0) is 17.5. The Morgan fingerprint density at radius 1 is 1.00 bits per heavy atom. The molecule has 25 heavy (non-hydrogen) atoms. The first-order valence-electron chi connectivity index (χ1n) is 8.18. The molecule has 0 atom stereocenters. The van der Waals surface area contributed by atoms with Gasteiger partial charge >= 0.3 is 0 Å².